The Morgan fingerprint density at radius 3 is 2.64 bits per heavy atom. The van der Waals surface area contributed by atoms with Crippen molar-refractivity contribution >= 4 is 17.5 Å². The van der Waals surface area contributed by atoms with Gasteiger partial charge in [0.2, 0.25) is 11.8 Å². The summed E-state index contributed by atoms with van der Waals surface area (Å²) in [5.41, 5.74) is -1.38. The molecule has 1 saturated heterocycles. The minimum Gasteiger partial charge on any atom is -0.377 e. The van der Waals surface area contributed by atoms with E-state index in [0.29, 0.717) is 4.57 Å². The second-order valence-electron chi connectivity index (χ2n) is 7.00. The van der Waals surface area contributed by atoms with Gasteiger partial charge in [-0.15, -0.1) is 0 Å². The number of aromatic nitrogens is 2. The Hall–Kier alpha value is -2.17. The Bertz CT molecular complexity index is 811. The first kappa shape index (κ1) is 20.6. The molecule has 156 valence electrons. The lowest BCUT2D eigenvalue weighted by atomic mass is 10.1. The van der Waals surface area contributed by atoms with Gasteiger partial charge in [0.1, 0.15) is 6.04 Å². The number of Topliss-reactive ketones (excluding diaryl/α,β-unsaturated/α-hetero) is 1. The summed E-state index contributed by atoms with van der Waals surface area (Å²) >= 11 is 0. The highest BCUT2D eigenvalue weighted by molar-refractivity contribution is 5.82. The lowest BCUT2D eigenvalue weighted by molar-refractivity contribution is -0.171. The molecular formula is C17H22F4N4O3. The van der Waals surface area contributed by atoms with Crippen molar-refractivity contribution in [2.45, 2.75) is 44.9 Å². The zero-order valence-corrected chi connectivity index (χ0v) is 15.6. The van der Waals surface area contributed by atoms with Crippen molar-refractivity contribution in [1.29, 1.82) is 0 Å². The van der Waals surface area contributed by atoms with Crippen LogP contribution >= 0.6 is 0 Å². The van der Waals surface area contributed by atoms with Gasteiger partial charge in [0.05, 0.1) is 25.8 Å². The van der Waals surface area contributed by atoms with Gasteiger partial charge in [0, 0.05) is 19.5 Å². The fourth-order valence-electron chi connectivity index (χ4n) is 3.52. The standard InChI is InChI=1S/C17H22F4N4O3/c1-3-11(26)8-23-5-4-12(17(19,20)21)25-15(27)13(18)14(22-16(23)25)24-6-7-28-9-10(24)2/h10,12H,3-9H2,1-2H3/t10-,12-/m1/s1. The third-order valence-corrected chi connectivity index (χ3v) is 5.07. The molecule has 11 heteroatoms. The minimum atomic E-state index is -4.73. The molecule has 0 spiro atoms. The summed E-state index contributed by atoms with van der Waals surface area (Å²) < 4.78 is 60.9. The molecule has 2 aliphatic heterocycles. The van der Waals surface area contributed by atoms with E-state index in [4.69, 9.17) is 4.74 Å². The average Bonchev–Trinajstić information content (AvgIpc) is 2.64. The number of hydrogen-bond acceptors (Lipinski definition) is 6. The molecule has 0 unspecified atom stereocenters. The summed E-state index contributed by atoms with van der Waals surface area (Å²) in [5, 5.41) is 0. The molecule has 0 amide bonds. The number of nitrogens with zero attached hydrogens (tertiary/aromatic N) is 4. The summed E-state index contributed by atoms with van der Waals surface area (Å²) in [6, 6.07) is -2.48. The fraction of sp³-hybridized carbons (Fsp3) is 0.706. The van der Waals surface area contributed by atoms with E-state index in [9.17, 15) is 27.2 Å². The maximum atomic E-state index is 14.8. The number of anilines is 2. The van der Waals surface area contributed by atoms with E-state index in [1.54, 1.807) is 13.8 Å². The Morgan fingerprint density at radius 1 is 1.32 bits per heavy atom. The van der Waals surface area contributed by atoms with Gasteiger partial charge in [-0.3, -0.25) is 14.2 Å². The molecule has 1 fully saturated rings. The summed E-state index contributed by atoms with van der Waals surface area (Å²) in [6.45, 7) is 3.91. The number of rotatable bonds is 4. The molecule has 2 aliphatic rings. The molecule has 0 aromatic carbocycles. The quantitative estimate of drug-likeness (QED) is 0.712. The van der Waals surface area contributed by atoms with E-state index in [-0.39, 0.29) is 62.9 Å². The van der Waals surface area contributed by atoms with E-state index in [1.807, 2.05) is 0 Å². The normalized spacial score (nSPS) is 22.9. The highest BCUT2D eigenvalue weighted by atomic mass is 19.4. The lowest BCUT2D eigenvalue weighted by Crippen LogP contribution is -2.50. The summed E-state index contributed by atoms with van der Waals surface area (Å²) in [6.07, 6.45) is -5.00. The maximum absolute atomic E-state index is 14.8. The van der Waals surface area contributed by atoms with Crippen LogP contribution in [-0.2, 0) is 9.53 Å². The van der Waals surface area contributed by atoms with Crippen LogP contribution in [0.1, 0.15) is 32.7 Å². The average molecular weight is 406 g/mol. The number of carbonyl (C=O) groups is 1. The fourth-order valence-corrected chi connectivity index (χ4v) is 3.52. The molecule has 0 N–H and O–H groups in total. The first-order valence-corrected chi connectivity index (χ1v) is 9.14. The van der Waals surface area contributed by atoms with E-state index in [2.05, 4.69) is 4.98 Å². The van der Waals surface area contributed by atoms with E-state index < -0.39 is 30.0 Å². The van der Waals surface area contributed by atoms with Gasteiger partial charge < -0.3 is 14.5 Å². The third kappa shape index (κ3) is 3.71. The lowest BCUT2D eigenvalue weighted by Gasteiger charge is -2.38. The van der Waals surface area contributed by atoms with Crippen LogP contribution in [0.15, 0.2) is 4.79 Å². The van der Waals surface area contributed by atoms with Crippen molar-refractivity contribution < 1.29 is 27.1 Å². The van der Waals surface area contributed by atoms with Crippen LogP contribution in [0.25, 0.3) is 0 Å². The summed E-state index contributed by atoms with van der Waals surface area (Å²) in [7, 11) is 0. The molecule has 0 saturated carbocycles. The number of hydrogen-bond donors (Lipinski definition) is 0. The van der Waals surface area contributed by atoms with Crippen LogP contribution in [0, 0.1) is 5.82 Å². The van der Waals surface area contributed by atoms with E-state index in [0.717, 1.165) is 0 Å². The predicted molar refractivity (Wildman–Crippen MR) is 93.3 cm³/mol. The van der Waals surface area contributed by atoms with Gasteiger partial charge in [-0.1, -0.05) is 6.92 Å². The SMILES string of the molecule is CCC(=O)CN1CC[C@H](C(F)(F)F)n2c1nc(N1CCOC[C@H]1C)c(F)c2=O. The zero-order valence-electron chi connectivity index (χ0n) is 15.6. The monoisotopic (exact) mass is 406 g/mol. The topological polar surface area (TPSA) is 67.7 Å². The van der Waals surface area contributed by atoms with Crippen LogP contribution in [0.2, 0.25) is 0 Å². The molecule has 28 heavy (non-hydrogen) atoms. The van der Waals surface area contributed by atoms with Crippen molar-refractivity contribution in [3.05, 3.63) is 16.2 Å². The predicted octanol–water partition coefficient (Wildman–Crippen LogP) is 1.90. The van der Waals surface area contributed by atoms with Crippen LogP contribution < -0.4 is 15.4 Å². The second-order valence-corrected chi connectivity index (χ2v) is 7.00. The number of ether oxygens (including phenoxy) is 1. The smallest absolute Gasteiger partial charge is 0.377 e. The molecule has 0 radical (unpaired) electrons. The maximum Gasteiger partial charge on any atom is 0.409 e. The molecule has 1 aromatic heterocycles. The molecule has 0 aliphatic carbocycles. The number of fused-ring (bicyclic) bond motifs is 1. The van der Waals surface area contributed by atoms with Gasteiger partial charge in [0.25, 0.3) is 5.56 Å². The van der Waals surface area contributed by atoms with Crippen molar-refractivity contribution in [2.24, 2.45) is 0 Å². The van der Waals surface area contributed by atoms with Crippen molar-refractivity contribution in [3.63, 3.8) is 0 Å². The molecule has 3 rings (SSSR count). The van der Waals surface area contributed by atoms with Crippen LogP contribution in [0.3, 0.4) is 0 Å². The Kier molecular flexibility index (Phi) is 5.64. The first-order valence-electron chi connectivity index (χ1n) is 9.14. The summed E-state index contributed by atoms with van der Waals surface area (Å²) in [4.78, 5) is 31.4. The van der Waals surface area contributed by atoms with Crippen molar-refractivity contribution in [2.75, 3.05) is 42.6 Å². The van der Waals surface area contributed by atoms with Gasteiger partial charge in [-0.25, -0.2) is 0 Å². The highest BCUT2D eigenvalue weighted by Gasteiger charge is 2.46. The van der Waals surface area contributed by atoms with Crippen molar-refractivity contribution in [1.82, 2.24) is 9.55 Å². The third-order valence-electron chi connectivity index (χ3n) is 5.07. The van der Waals surface area contributed by atoms with Gasteiger partial charge in [-0.2, -0.15) is 22.5 Å². The van der Waals surface area contributed by atoms with Crippen LogP contribution in [0.5, 0.6) is 0 Å². The van der Waals surface area contributed by atoms with Gasteiger partial charge in [-0.05, 0) is 13.3 Å². The Labute approximate surface area is 158 Å². The van der Waals surface area contributed by atoms with Crippen LogP contribution in [0.4, 0.5) is 29.3 Å². The number of carbonyl (C=O) groups excluding carboxylic acids is 1. The number of ketones is 1. The van der Waals surface area contributed by atoms with E-state index in [1.165, 1.54) is 9.80 Å². The Balaban J connectivity index is 2.15. The Morgan fingerprint density at radius 2 is 2.04 bits per heavy atom. The van der Waals surface area contributed by atoms with Gasteiger partial charge in [0.15, 0.2) is 11.6 Å². The molecule has 3 heterocycles. The van der Waals surface area contributed by atoms with Crippen molar-refractivity contribution in [3.8, 4) is 0 Å². The molecule has 2 atom stereocenters. The summed E-state index contributed by atoms with van der Waals surface area (Å²) in [5.74, 6) is -2.16. The van der Waals surface area contributed by atoms with Gasteiger partial charge >= 0.3 is 6.18 Å². The number of halogens is 4. The highest BCUT2D eigenvalue weighted by Crippen LogP contribution is 2.38. The second kappa shape index (κ2) is 7.69. The molecule has 0 bridgehead atoms. The first-order chi connectivity index (χ1) is 13.1. The largest absolute Gasteiger partial charge is 0.409 e. The molecule has 7 nitrogen and oxygen atoms in total. The molecule has 1 aromatic rings. The number of alkyl halides is 3. The van der Waals surface area contributed by atoms with E-state index >= 15 is 0 Å². The van der Waals surface area contributed by atoms with Crippen LogP contribution in [-0.4, -0.2) is 60.4 Å². The molecular weight excluding hydrogens is 384 g/mol. The zero-order chi connectivity index (χ0) is 20.6. The number of morpholine rings is 1. The minimum absolute atomic E-state index is 0.105.